The maximum atomic E-state index is 2.35. The fourth-order valence-corrected chi connectivity index (χ4v) is 1.60. The summed E-state index contributed by atoms with van der Waals surface area (Å²) in [7, 11) is 0. The molecule has 13 heavy (non-hydrogen) atoms. The van der Waals surface area contributed by atoms with Crippen LogP contribution in [-0.2, 0) is 6.54 Å². The molecule has 1 aliphatic heterocycles. The molecule has 0 saturated carbocycles. The summed E-state index contributed by atoms with van der Waals surface area (Å²) in [6, 6.07) is 8.77. The normalized spacial score (nSPS) is 15.3. The minimum Gasteiger partial charge on any atom is -0.373 e. The van der Waals surface area contributed by atoms with Crippen molar-refractivity contribution in [3.8, 4) is 0 Å². The van der Waals surface area contributed by atoms with Crippen LogP contribution in [0, 0.1) is 6.92 Å². The highest BCUT2D eigenvalue weighted by atomic mass is 15.1. The molecule has 0 radical (unpaired) electrons. The SMILES string of the molecule is Cc1ccc(CN2C=CCC2)cc1. The van der Waals surface area contributed by atoms with E-state index in [4.69, 9.17) is 0 Å². The van der Waals surface area contributed by atoms with E-state index in [9.17, 15) is 0 Å². The lowest BCUT2D eigenvalue weighted by Crippen LogP contribution is -2.13. The molecule has 1 nitrogen and oxygen atoms in total. The molecule has 0 aliphatic carbocycles. The summed E-state index contributed by atoms with van der Waals surface area (Å²) < 4.78 is 0. The predicted octanol–water partition coefficient (Wildman–Crippen LogP) is 2.71. The van der Waals surface area contributed by atoms with Crippen LogP contribution in [0.3, 0.4) is 0 Å². The highest BCUT2D eigenvalue weighted by Gasteiger charge is 2.03. The molecule has 0 bridgehead atoms. The van der Waals surface area contributed by atoms with Gasteiger partial charge < -0.3 is 4.90 Å². The molecule has 1 heteroatoms. The van der Waals surface area contributed by atoms with Gasteiger partial charge >= 0.3 is 0 Å². The Kier molecular flexibility index (Phi) is 2.35. The van der Waals surface area contributed by atoms with Crippen LogP contribution in [0.1, 0.15) is 17.5 Å². The number of aryl methyl sites for hydroxylation is 1. The van der Waals surface area contributed by atoms with Gasteiger partial charge in [0.2, 0.25) is 0 Å². The molecule has 1 aliphatic rings. The highest BCUT2D eigenvalue weighted by Crippen LogP contribution is 2.11. The van der Waals surface area contributed by atoms with Gasteiger partial charge in [-0.1, -0.05) is 35.9 Å². The number of nitrogens with zero attached hydrogens (tertiary/aromatic N) is 1. The lowest BCUT2D eigenvalue weighted by Gasteiger charge is -2.15. The molecule has 68 valence electrons. The van der Waals surface area contributed by atoms with Crippen molar-refractivity contribution in [2.45, 2.75) is 19.9 Å². The fourth-order valence-electron chi connectivity index (χ4n) is 1.60. The lowest BCUT2D eigenvalue weighted by atomic mass is 10.1. The van der Waals surface area contributed by atoms with E-state index in [0.29, 0.717) is 0 Å². The van der Waals surface area contributed by atoms with Crippen LogP contribution in [0.25, 0.3) is 0 Å². The van der Waals surface area contributed by atoms with Crippen LogP contribution >= 0.6 is 0 Å². The summed E-state index contributed by atoms with van der Waals surface area (Å²) in [5.74, 6) is 0. The number of benzene rings is 1. The quantitative estimate of drug-likeness (QED) is 0.664. The molecule has 0 fully saturated rings. The van der Waals surface area contributed by atoms with Crippen molar-refractivity contribution in [2.24, 2.45) is 0 Å². The van der Waals surface area contributed by atoms with E-state index >= 15 is 0 Å². The Bertz CT molecular complexity index is 297. The van der Waals surface area contributed by atoms with Crippen LogP contribution in [0.5, 0.6) is 0 Å². The molecule has 0 unspecified atom stereocenters. The van der Waals surface area contributed by atoms with Gasteiger partial charge in [-0.15, -0.1) is 0 Å². The zero-order valence-corrected chi connectivity index (χ0v) is 8.03. The van der Waals surface area contributed by atoms with E-state index in [2.05, 4.69) is 48.4 Å². The average molecular weight is 173 g/mol. The topological polar surface area (TPSA) is 3.24 Å². The monoisotopic (exact) mass is 173 g/mol. The minimum atomic E-state index is 1.05. The Hall–Kier alpha value is -1.24. The zero-order valence-electron chi connectivity index (χ0n) is 8.03. The van der Waals surface area contributed by atoms with Crippen molar-refractivity contribution in [2.75, 3.05) is 6.54 Å². The summed E-state index contributed by atoms with van der Waals surface area (Å²) in [6.45, 7) is 4.35. The van der Waals surface area contributed by atoms with Crippen LogP contribution < -0.4 is 0 Å². The van der Waals surface area contributed by atoms with Crippen LogP contribution in [0.4, 0.5) is 0 Å². The molecule has 1 heterocycles. The Morgan fingerprint density at radius 1 is 1.23 bits per heavy atom. The smallest absolute Gasteiger partial charge is 0.0423 e. The van der Waals surface area contributed by atoms with E-state index in [1.165, 1.54) is 24.1 Å². The maximum absolute atomic E-state index is 2.35. The molecule has 0 spiro atoms. The van der Waals surface area contributed by atoms with E-state index in [0.717, 1.165) is 6.54 Å². The largest absolute Gasteiger partial charge is 0.373 e. The highest BCUT2D eigenvalue weighted by molar-refractivity contribution is 5.21. The first-order chi connectivity index (χ1) is 6.34. The summed E-state index contributed by atoms with van der Waals surface area (Å²) in [5.41, 5.74) is 2.73. The van der Waals surface area contributed by atoms with Crippen LogP contribution in [-0.4, -0.2) is 11.4 Å². The minimum absolute atomic E-state index is 1.05. The summed E-state index contributed by atoms with van der Waals surface area (Å²) >= 11 is 0. The number of rotatable bonds is 2. The Morgan fingerprint density at radius 3 is 2.62 bits per heavy atom. The first-order valence-electron chi connectivity index (χ1n) is 4.81. The third kappa shape index (κ3) is 2.11. The van der Waals surface area contributed by atoms with Crippen molar-refractivity contribution in [3.63, 3.8) is 0 Å². The number of hydrogen-bond donors (Lipinski definition) is 0. The van der Waals surface area contributed by atoms with Gasteiger partial charge in [-0.3, -0.25) is 0 Å². The van der Waals surface area contributed by atoms with Gasteiger partial charge in [0.05, 0.1) is 0 Å². The van der Waals surface area contributed by atoms with Crippen molar-refractivity contribution < 1.29 is 0 Å². The molecular formula is C12H15N. The van der Waals surface area contributed by atoms with Gasteiger partial charge in [0.15, 0.2) is 0 Å². The van der Waals surface area contributed by atoms with Crippen molar-refractivity contribution in [1.29, 1.82) is 0 Å². The summed E-state index contributed by atoms with van der Waals surface area (Å²) in [5, 5.41) is 0. The molecule has 0 N–H and O–H groups in total. The molecule has 0 saturated heterocycles. The summed E-state index contributed by atoms with van der Waals surface area (Å²) in [6.07, 6.45) is 5.62. The second-order valence-electron chi connectivity index (χ2n) is 3.63. The van der Waals surface area contributed by atoms with Crippen molar-refractivity contribution in [1.82, 2.24) is 4.90 Å². The first-order valence-corrected chi connectivity index (χ1v) is 4.81. The van der Waals surface area contributed by atoms with Gasteiger partial charge in [0.25, 0.3) is 0 Å². The van der Waals surface area contributed by atoms with E-state index in [-0.39, 0.29) is 0 Å². The van der Waals surface area contributed by atoms with Gasteiger partial charge in [0.1, 0.15) is 0 Å². The number of hydrogen-bond acceptors (Lipinski definition) is 1. The Labute approximate surface area is 79.7 Å². The van der Waals surface area contributed by atoms with Gasteiger partial charge in [0, 0.05) is 13.1 Å². The van der Waals surface area contributed by atoms with Crippen molar-refractivity contribution in [3.05, 3.63) is 47.7 Å². The molecule has 0 amide bonds. The van der Waals surface area contributed by atoms with Crippen LogP contribution in [0.2, 0.25) is 0 Å². The van der Waals surface area contributed by atoms with Gasteiger partial charge in [-0.25, -0.2) is 0 Å². The second kappa shape index (κ2) is 3.65. The zero-order chi connectivity index (χ0) is 9.10. The predicted molar refractivity (Wildman–Crippen MR) is 55.3 cm³/mol. The molecule has 2 rings (SSSR count). The molecule has 0 aromatic heterocycles. The Morgan fingerprint density at radius 2 is 2.00 bits per heavy atom. The standard InChI is InChI=1S/C12H15N/c1-11-4-6-12(7-5-11)10-13-8-2-3-9-13/h2,4-8H,3,9-10H2,1H3. The average Bonchev–Trinajstić information content (AvgIpc) is 2.62. The first kappa shape index (κ1) is 8.36. The molecule has 1 aromatic carbocycles. The molecule has 0 atom stereocenters. The Balaban J connectivity index is 2.01. The van der Waals surface area contributed by atoms with E-state index in [1.54, 1.807) is 0 Å². The lowest BCUT2D eigenvalue weighted by molar-refractivity contribution is 0.400. The van der Waals surface area contributed by atoms with E-state index < -0.39 is 0 Å². The van der Waals surface area contributed by atoms with Crippen LogP contribution in [0.15, 0.2) is 36.5 Å². The van der Waals surface area contributed by atoms with Gasteiger partial charge in [-0.05, 0) is 25.1 Å². The summed E-state index contributed by atoms with van der Waals surface area (Å²) in [4.78, 5) is 2.35. The molecular weight excluding hydrogens is 158 g/mol. The third-order valence-corrected chi connectivity index (χ3v) is 2.41. The van der Waals surface area contributed by atoms with Gasteiger partial charge in [-0.2, -0.15) is 0 Å². The van der Waals surface area contributed by atoms with E-state index in [1.807, 2.05) is 0 Å². The second-order valence-corrected chi connectivity index (χ2v) is 3.63. The third-order valence-electron chi connectivity index (χ3n) is 2.41. The fraction of sp³-hybridized carbons (Fsp3) is 0.333. The maximum Gasteiger partial charge on any atom is 0.0423 e. The molecule has 1 aromatic rings. The van der Waals surface area contributed by atoms with Crippen molar-refractivity contribution >= 4 is 0 Å².